The van der Waals surface area contributed by atoms with Crippen LogP contribution >= 0.6 is 0 Å². The van der Waals surface area contributed by atoms with Crippen LogP contribution in [0, 0.1) is 0 Å². The molecule has 0 saturated heterocycles. The van der Waals surface area contributed by atoms with Crippen molar-refractivity contribution < 1.29 is 0 Å². The second kappa shape index (κ2) is 9.89. The molecule has 0 N–H and O–H groups in total. The number of nitrogens with zero attached hydrogens (tertiary/aromatic N) is 5. The van der Waals surface area contributed by atoms with Crippen molar-refractivity contribution in [1.29, 1.82) is 0 Å². The van der Waals surface area contributed by atoms with Crippen LogP contribution in [0.2, 0.25) is 0 Å². The first-order chi connectivity index (χ1) is 24.3. The Bertz CT molecular complexity index is 3050. The fourth-order valence-electron chi connectivity index (χ4n) is 8.00. The van der Waals surface area contributed by atoms with Gasteiger partial charge in [0.2, 0.25) is 0 Å². The average Bonchev–Trinajstić information content (AvgIpc) is 3.80. The van der Waals surface area contributed by atoms with Crippen molar-refractivity contribution in [2.75, 3.05) is 0 Å². The predicted octanol–water partition coefficient (Wildman–Crippen LogP) is 10.9. The minimum atomic E-state index is 0.710. The van der Waals surface area contributed by atoms with Gasteiger partial charge in [-0.1, -0.05) is 97.1 Å². The molecule has 228 valence electrons. The molecular formula is C44H27N5. The molecule has 0 bridgehead atoms. The number of benzene rings is 6. The molecule has 0 radical (unpaired) electrons. The summed E-state index contributed by atoms with van der Waals surface area (Å²) in [5.41, 5.74) is 8.72. The van der Waals surface area contributed by atoms with Crippen LogP contribution in [0.3, 0.4) is 0 Å². The molecule has 0 saturated carbocycles. The van der Waals surface area contributed by atoms with E-state index in [0.29, 0.717) is 5.65 Å². The number of hydrogen-bond acceptors (Lipinski definition) is 2. The summed E-state index contributed by atoms with van der Waals surface area (Å²) in [6.45, 7) is 0. The van der Waals surface area contributed by atoms with Crippen LogP contribution in [0.1, 0.15) is 0 Å². The second-order valence-electron chi connectivity index (χ2n) is 12.7. The van der Waals surface area contributed by atoms with Crippen LogP contribution in [-0.2, 0) is 0 Å². The molecule has 11 rings (SSSR count). The van der Waals surface area contributed by atoms with Crippen LogP contribution < -0.4 is 0 Å². The molecular weight excluding hydrogens is 599 g/mol. The monoisotopic (exact) mass is 625 g/mol. The maximum Gasteiger partial charge on any atom is 0.163 e. The Balaban J connectivity index is 1.22. The number of hydrogen-bond donors (Lipinski definition) is 0. The second-order valence-corrected chi connectivity index (χ2v) is 12.7. The zero-order valence-electron chi connectivity index (χ0n) is 26.3. The Kier molecular flexibility index (Phi) is 5.32. The van der Waals surface area contributed by atoms with Gasteiger partial charge >= 0.3 is 0 Å². The van der Waals surface area contributed by atoms with Crippen LogP contribution in [0.25, 0.3) is 93.8 Å². The molecule has 0 unspecified atom stereocenters. The highest BCUT2D eigenvalue weighted by Crippen LogP contribution is 2.42. The minimum absolute atomic E-state index is 0.710. The Hall–Kier alpha value is -6.72. The van der Waals surface area contributed by atoms with Crippen molar-refractivity contribution in [3.63, 3.8) is 0 Å². The Morgan fingerprint density at radius 3 is 1.45 bits per heavy atom. The molecule has 5 heteroatoms. The molecule has 0 aliphatic rings. The summed E-state index contributed by atoms with van der Waals surface area (Å²) in [6.07, 6.45) is 0. The van der Waals surface area contributed by atoms with Gasteiger partial charge < -0.3 is 4.57 Å². The van der Waals surface area contributed by atoms with Gasteiger partial charge in [0.05, 0.1) is 33.1 Å². The third-order valence-electron chi connectivity index (χ3n) is 10.0. The topological polar surface area (TPSA) is 40.6 Å². The van der Waals surface area contributed by atoms with E-state index in [9.17, 15) is 0 Å². The van der Waals surface area contributed by atoms with Gasteiger partial charge in [0.15, 0.2) is 5.65 Å². The van der Waals surface area contributed by atoms with E-state index < -0.39 is 0 Å². The van der Waals surface area contributed by atoms with Crippen LogP contribution in [-0.4, -0.2) is 23.7 Å². The van der Waals surface area contributed by atoms with Gasteiger partial charge in [0.25, 0.3) is 0 Å². The summed E-state index contributed by atoms with van der Waals surface area (Å²) < 4.78 is 6.96. The quantitative estimate of drug-likeness (QED) is 0.196. The van der Waals surface area contributed by atoms with Crippen molar-refractivity contribution in [2.45, 2.75) is 0 Å². The highest BCUT2D eigenvalue weighted by Gasteiger charge is 2.21. The summed E-state index contributed by atoms with van der Waals surface area (Å²) in [5.74, 6) is 1.69. The average molecular weight is 626 g/mol. The van der Waals surface area contributed by atoms with Gasteiger partial charge in [0, 0.05) is 43.4 Å². The molecule has 6 aromatic carbocycles. The smallest absolute Gasteiger partial charge is 0.163 e. The summed E-state index contributed by atoms with van der Waals surface area (Å²) >= 11 is 0. The molecule has 0 aliphatic carbocycles. The maximum atomic E-state index is 5.33. The molecule has 0 amide bonds. The van der Waals surface area contributed by atoms with E-state index in [-0.39, 0.29) is 0 Å². The van der Waals surface area contributed by atoms with Gasteiger partial charge in [0.1, 0.15) is 11.6 Å². The van der Waals surface area contributed by atoms with Gasteiger partial charge in [-0.3, -0.25) is 9.13 Å². The van der Waals surface area contributed by atoms with E-state index >= 15 is 0 Å². The standard InChI is InChI=1S/C44H27N5/c1-2-12-29(13-3-1)47-38-21-11-7-17-34(38)42-39(47)25-24-33-32-16-6-10-20-37(32)49(43(33)42)41-27-23-28-22-26-40(45-44(28)46-41)48-35-18-8-4-14-30(35)31-15-5-9-19-36(31)48/h1-27H. The van der Waals surface area contributed by atoms with Crippen molar-refractivity contribution in [1.82, 2.24) is 23.7 Å². The van der Waals surface area contributed by atoms with Crippen LogP contribution in [0.5, 0.6) is 0 Å². The SMILES string of the molecule is c1ccc(-n2c3ccccc3c3c2ccc2c4ccccc4n(-c4ccc5ccc(-n6c7ccccc7c7ccccc76)nc5n4)c23)cc1. The van der Waals surface area contributed by atoms with E-state index in [2.05, 4.69) is 177 Å². The number of rotatable bonds is 3. The lowest BCUT2D eigenvalue weighted by atomic mass is 10.1. The fourth-order valence-corrected chi connectivity index (χ4v) is 8.00. The minimum Gasteiger partial charge on any atom is -0.309 e. The maximum absolute atomic E-state index is 5.33. The van der Waals surface area contributed by atoms with Gasteiger partial charge in [-0.15, -0.1) is 0 Å². The normalized spacial score (nSPS) is 12.1. The fraction of sp³-hybridized carbons (Fsp3) is 0. The van der Waals surface area contributed by atoms with Crippen molar-refractivity contribution >= 4 is 76.5 Å². The summed E-state index contributed by atoms with van der Waals surface area (Å²) in [6, 6.07) is 58.1. The lowest BCUT2D eigenvalue weighted by Crippen LogP contribution is -2.01. The van der Waals surface area contributed by atoms with Gasteiger partial charge in [-0.25, -0.2) is 9.97 Å². The highest BCUT2D eigenvalue weighted by molar-refractivity contribution is 6.26. The first-order valence-corrected chi connectivity index (χ1v) is 16.6. The number of para-hydroxylation sites is 5. The predicted molar refractivity (Wildman–Crippen MR) is 203 cm³/mol. The Morgan fingerprint density at radius 1 is 0.327 bits per heavy atom. The van der Waals surface area contributed by atoms with E-state index in [1.807, 2.05) is 0 Å². The molecule has 5 nitrogen and oxygen atoms in total. The molecule has 0 atom stereocenters. The molecule has 0 aliphatic heterocycles. The number of pyridine rings is 2. The van der Waals surface area contributed by atoms with Gasteiger partial charge in [-0.2, -0.15) is 0 Å². The highest BCUT2D eigenvalue weighted by atomic mass is 15.1. The van der Waals surface area contributed by atoms with Crippen LogP contribution in [0.15, 0.2) is 164 Å². The third kappa shape index (κ3) is 3.64. The van der Waals surface area contributed by atoms with E-state index in [4.69, 9.17) is 9.97 Å². The molecule has 49 heavy (non-hydrogen) atoms. The first kappa shape index (κ1) is 26.4. The molecule has 0 fully saturated rings. The van der Waals surface area contributed by atoms with Crippen LogP contribution in [0.4, 0.5) is 0 Å². The lowest BCUT2D eigenvalue weighted by Gasteiger charge is -2.11. The molecule has 11 aromatic rings. The number of aromatic nitrogens is 5. The van der Waals surface area contributed by atoms with Crippen molar-refractivity contribution in [2.24, 2.45) is 0 Å². The van der Waals surface area contributed by atoms with E-state index in [1.54, 1.807) is 0 Å². The zero-order chi connectivity index (χ0) is 32.1. The van der Waals surface area contributed by atoms with E-state index in [1.165, 1.54) is 37.8 Å². The molecule has 5 aromatic heterocycles. The summed E-state index contributed by atoms with van der Waals surface area (Å²) in [5, 5.41) is 8.25. The largest absolute Gasteiger partial charge is 0.309 e. The van der Waals surface area contributed by atoms with Gasteiger partial charge in [-0.05, 0) is 66.7 Å². The van der Waals surface area contributed by atoms with E-state index in [0.717, 1.165) is 50.3 Å². The first-order valence-electron chi connectivity index (χ1n) is 16.6. The molecule has 0 spiro atoms. The number of fused-ring (bicyclic) bond motifs is 11. The van der Waals surface area contributed by atoms with Crippen molar-refractivity contribution in [3.8, 4) is 17.3 Å². The lowest BCUT2D eigenvalue weighted by molar-refractivity contribution is 1.06. The Morgan fingerprint density at radius 2 is 0.816 bits per heavy atom. The zero-order valence-corrected chi connectivity index (χ0v) is 26.3. The third-order valence-corrected chi connectivity index (χ3v) is 10.0. The Labute approximate surface area is 280 Å². The van der Waals surface area contributed by atoms with Crippen molar-refractivity contribution in [3.05, 3.63) is 164 Å². The molecule has 5 heterocycles. The summed E-state index contributed by atoms with van der Waals surface area (Å²) in [4.78, 5) is 10.6. The summed E-state index contributed by atoms with van der Waals surface area (Å²) in [7, 11) is 0.